The molecule has 0 aliphatic carbocycles. The number of ether oxygens (including phenoxy) is 1. The summed E-state index contributed by atoms with van der Waals surface area (Å²) in [4.78, 5) is 0. The highest BCUT2D eigenvalue weighted by molar-refractivity contribution is 9.10. The van der Waals surface area contributed by atoms with E-state index in [-0.39, 0.29) is 12.3 Å². The highest BCUT2D eigenvalue weighted by Gasteiger charge is 2.40. The third-order valence-corrected chi connectivity index (χ3v) is 5.44. The van der Waals surface area contributed by atoms with Crippen LogP contribution < -0.4 is 4.74 Å². The molecule has 0 amide bonds. The van der Waals surface area contributed by atoms with E-state index >= 15 is 0 Å². The molecule has 26 heavy (non-hydrogen) atoms. The van der Waals surface area contributed by atoms with E-state index in [4.69, 9.17) is 9.84 Å². The molecule has 0 saturated heterocycles. The lowest BCUT2D eigenvalue weighted by molar-refractivity contribution is -0.0190. The van der Waals surface area contributed by atoms with E-state index in [0.29, 0.717) is 0 Å². The van der Waals surface area contributed by atoms with Crippen molar-refractivity contribution < 1.29 is 4.74 Å². The topological polar surface area (TPSA) is 24.8 Å². The van der Waals surface area contributed by atoms with Gasteiger partial charge in [-0.3, -0.25) is 0 Å². The fourth-order valence-corrected chi connectivity index (χ4v) is 4.08. The molecule has 3 nitrogen and oxygen atoms in total. The Balaban J connectivity index is 1.62. The lowest BCUT2D eigenvalue weighted by Crippen LogP contribution is -2.33. The maximum atomic E-state index is 6.37. The first kappa shape index (κ1) is 15.6. The first-order valence-electron chi connectivity index (χ1n) is 8.72. The van der Waals surface area contributed by atoms with Crippen LogP contribution in [0.3, 0.4) is 0 Å². The van der Waals surface area contributed by atoms with Crippen molar-refractivity contribution in [3.05, 3.63) is 100 Å². The van der Waals surface area contributed by atoms with E-state index in [9.17, 15) is 0 Å². The van der Waals surface area contributed by atoms with Gasteiger partial charge in [-0.1, -0.05) is 76.6 Å². The first-order valence-corrected chi connectivity index (χ1v) is 9.51. The van der Waals surface area contributed by atoms with Crippen molar-refractivity contribution in [2.45, 2.75) is 18.7 Å². The average Bonchev–Trinajstić information content (AvgIpc) is 3.15. The quantitative estimate of drug-likeness (QED) is 0.547. The van der Waals surface area contributed by atoms with Crippen LogP contribution in [0.25, 0.3) is 0 Å². The van der Waals surface area contributed by atoms with Crippen molar-refractivity contribution in [2.24, 2.45) is 5.10 Å². The van der Waals surface area contributed by atoms with Gasteiger partial charge in [-0.25, -0.2) is 5.01 Å². The van der Waals surface area contributed by atoms with Crippen LogP contribution in [0.5, 0.6) is 5.75 Å². The summed E-state index contributed by atoms with van der Waals surface area (Å²) in [7, 11) is 0. The van der Waals surface area contributed by atoms with E-state index in [1.54, 1.807) is 0 Å². The van der Waals surface area contributed by atoms with Crippen LogP contribution >= 0.6 is 15.9 Å². The van der Waals surface area contributed by atoms with Crippen molar-refractivity contribution in [1.29, 1.82) is 0 Å². The molecule has 0 fully saturated rings. The van der Waals surface area contributed by atoms with Gasteiger partial charge < -0.3 is 4.74 Å². The molecule has 0 aromatic heterocycles. The van der Waals surface area contributed by atoms with Crippen LogP contribution in [0.2, 0.25) is 0 Å². The summed E-state index contributed by atoms with van der Waals surface area (Å²) in [6.45, 7) is 0. The van der Waals surface area contributed by atoms with Gasteiger partial charge in [0, 0.05) is 22.0 Å². The van der Waals surface area contributed by atoms with Gasteiger partial charge in [0.1, 0.15) is 5.75 Å². The predicted molar refractivity (Wildman–Crippen MR) is 106 cm³/mol. The Labute approximate surface area is 161 Å². The third kappa shape index (κ3) is 2.61. The smallest absolute Gasteiger partial charge is 0.213 e. The molecule has 5 rings (SSSR count). The van der Waals surface area contributed by atoms with E-state index in [2.05, 4.69) is 63.4 Å². The standard InChI is InChI=1S/C22H17BrN2O/c23-17-11-12-21-18(13-17)20-14-19(15-7-3-1-4-8-15)24-25(20)22(26-21)16-9-5-2-6-10-16/h1-13,20,22H,14H2/t20-,22-/m0/s1. The third-order valence-electron chi connectivity index (χ3n) is 4.94. The van der Waals surface area contributed by atoms with Crippen LogP contribution in [0.4, 0.5) is 0 Å². The van der Waals surface area contributed by atoms with Crippen molar-refractivity contribution in [2.75, 3.05) is 0 Å². The molecule has 0 unspecified atom stereocenters. The number of nitrogens with zero attached hydrogens (tertiary/aromatic N) is 2. The summed E-state index contributed by atoms with van der Waals surface area (Å²) in [5.41, 5.74) is 4.57. The van der Waals surface area contributed by atoms with Gasteiger partial charge in [0.15, 0.2) is 0 Å². The normalized spacial score (nSPS) is 20.8. The number of hydrogen-bond donors (Lipinski definition) is 0. The largest absolute Gasteiger partial charge is 0.464 e. The molecule has 2 atom stereocenters. The minimum absolute atomic E-state index is 0.177. The van der Waals surface area contributed by atoms with Gasteiger partial charge in [-0.2, -0.15) is 5.10 Å². The molecular weight excluding hydrogens is 388 g/mol. The van der Waals surface area contributed by atoms with Gasteiger partial charge in [0.05, 0.1) is 11.8 Å². The highest BCUT2D eigenvalue weighted by Crippen LogP contribution is 2.48. The fraction of sp³-hybridized carbons (Fsp3) is 0.136. The number of benzene rings is 3. The van der Waals surface area contributed by atoms with Gasteiger partial charge in [-0.15, -0.1) is 0 Å². The Hall–Kier alpha value is -2.59. The second-order valence-corrected chi connectivity index (χ2v) is 7.49. The Kier molecular flexibility index (Phi) is 3.79. The number of halogens is 1. The molecule has 0 spiro atoms. The highest BCUT2D eigenvalue weighted by atomic mass is 79.9. The molecular formula is C22H17BrN2O. The summed E-state index contributed by atoms with van der Waals surface area (Å²) in [5.74, 6) is 0.938. The number of hydrazone groups is 1. The zero-order chi connectivity index (χ0) is 17.5. The van der Waals surface area contributed by atoms with Crippen LogP contribution in [0.15, 0.2) is 88.4 Å². The molecule has 0 radical (unpaired) electrons. The van der Waals surface area contributed by atoms with Crippen LogP contribution in [-0.4, -0.2) is 10.7 Å². The summed E-state index contributed by atoms with van der Waals surface area (Å²) in [6, 6.07) is 27.1. The average molecular weight is 405 g/mol. The van der Waals surface area contributed by atoms with E-state index in [1.165, 1.54) is 11.1 Å². The molecule has 3 aromatic carbocycles. The summed E-state index contributed by atoms with van der Waals surface area (Å²) >= 11 is 3.60. The molecule has 128 valence electrons. The van der Waals surface area contributed by atoms with Crippen LogP contribution in [0.1, 0.15) is 35.4 Å². The SMILES string of the molecule is Brc1ccc2c(c1)[C@@H]1CC(c3ccccc3)=NN1[C@H](c1ccccc1)O2. The molecule has 2 aliphatic heterocycles. The molecule has 3 aromatic rings. The lowest BCUT2D eigenvalue weighted by atomic mass is 9.96. The Morgan fingerprint density at radius 2 is 1.65 bits per heavy atom. The predicted octanol–water partition coefficient (Wildman–Crippen LogP) is 5.69. The Morgan fingerprint density at radius 3 is 2.42 bits per heavy atom. The molecule has 2 heterocycles. The maximum Gasteiger partial charge on any atom is 0.213 e. The lowest BCUT2D eigenvalue weighted by Gasteiger charge is -2.38. The fourth-order valence-electron chi connectivity index (χ4n) is 3.70. The number of hydrogen-bond acceptors (Lipinski definition) is 3. The van der Waals surface area contributed by atoms with Crippen LogP contribution in [0, 0.1) is 0 Å². The minimum Gasteiger partial charge on any atom is -0.464 e. The Morgan fingerprint density at radius 1 is 0.923 bits per heavy atom. The monoisotopic (exact) mass is 404 g/mol. The summed E-state index contributed by atoms with van der Waals surface area (Å²) < 4.78 is 7.43. The van der Waals surface area contributed by atoms with E-state index in [1.807, 2.05) is 36.4 Å². The maximum absolute atomic E-state index is 6.37. The summed E-state index contributed by atoms with van der Waals surface area (Å²) in [5, 5.41) is 7.09. The number of fused-ring (bicyclic) bond motifs is 3. The second-order valence-electron chi connectivity index (χ2n) is 6.58. The molecule has 0 bridgehead atoms. The minimum atomic E-state index is -0.212. The number of rotatable bonds is 2. The van der Waals surface area contributed by atoms with Gasteiger partial charge in [0.25, 0.3) is 0 Å². The summed E-state index contributed by atoms with van der Waals surface area (Å²) in [6.07, 6.45) is 0.663. The van der Waals surface area contributed by atoms with Crippen molar-refractivity contribution in [3.8, 4) is 5.75 Å². The van der Waals surface area contributed by atoms with E-state index < -0.39 is 0 Å². The molecule has 4 heteroatoms. The first-order chi connectivity index (χ1) is 12.8. The second kappa shape index (κ2) is 6.29. The van der Waals surface area contributed by atoms with Crippen molar-refractivity contribution in [3.63, 3.8) is 0 Å². The van der Waals surface area contributed by atoms with Gasteiger partial charge >= 0.3 is 0 Å². The van der Waals surface area contributed by atoms with Crippen LogP contribution in [-0.2, 0) is 0 Å². The van der Waals surface area contributed by atoms with Crippen molar-refractivity contribution in [1.82, 2.24) is 5.01 Å². The van der Waals surface area contributed by atoms with Gasteiger partial charge in [0.2, 0.25) is 6.23 Å². The molecule has 2 aliphatic rings. The molecule has 0 saturated carbocycles. The Bertz CT molecular complexity index is 972. The zero-order valence-corrected chi connectivity index (χ0v) is 15.6. The van der Waals surface area contributed by atoms with Gasteiger partial charge in [-0.05, 0) is 23.8 Å². The van der Waals surface area contributed by atoms with Crippen molar-refractivity contribution >= 4 is 21.6 Å². The zero-order valence-electron chi connectivity index (χ0n) is 14.0. The molecule has 0 N–H and O–H groups in total. The van der Waals surface area contributed by atoms with E-state index in [0.717, 1.165) is 27.9 Å².